The molecular weight excluding hydrogens is 402 g/mol. The fraction of sp³-hybridized carbons (Fsp3) is 1.00. The highest BCUT2D eigenvalue weighted by molar-refractivity contribution is 4.63. The third-order valence-corrected chi connectivity index (χ3v) is 7.51. The molecule has 0 heterocycles. The molecule has 0 radical (unpaired) electrons. The van der Waals surface area contributed by atoms with Gasteiger partial charge < -0.3 is 0 Å². The zero-order chi connectivity index (χ0) is 24.1. The van der Waals surface area contributed by atoms with Gasteiger partial charge in [0.2, 0.25) is 0 Å². The van der Waals surface area contributed by atoms with Crippen LogP contribution in [0.3, 0.4) is 0 Å². The van der Waals surface area contributed by atoms with E-state index in [1.165, 1.54) is 173 Å². The maximum atomic E-state index is 10.8. The van der Waals surface area contributed by atoms with Crippen LogP contribution >= 0.6 is 0 Å². The van der Waals surface area contributed by atoms with Crippen molar-refractivity contribution in [2.75, 3.05) is 6.54 Å². The molecule has 0 bridgehead atoms. The third kappa shape index (κ3) is 27.7. The van der Waals surface area contributed by atoms with E-state index in [0.717, 1.165) is 0 Å². The first-order valence-corrected chi connectivity index (χ1v) is 15.6. The van der Waals surface area contributed by atoms with Crippen LogP contribution in [0.15, 0.2) is 5.18 Å². The standard InChI is InChI=1S/C31H63NO/c1-3-5-7-9-11-13-14-15-16-17-18-19-21-23-25-27-29-31(30-32-33)28-26-24-22-20-12-10-8-6-4-2/h31H,3-30H2,1-2H3. The Kier molecular flexibility index (Phi) is 29.3. The molecule has 2 heteroatoms. The van der Waals surface area contributed by atoms with Gasteiger partial charge in [0.05, 0.1) is 6.54 Å². The van der Waals surface area contributed by atoms with Gasteiger partial charge in [0.1, 0.15) is 0 Å². The van der Waals surface area contributed by atoms with Crippen LogP contribution in [-0.2, 0) is 0 Å². The van der Waals surface area contributed by atoms with Crippen molar-refractivity contribution in [1.29, 1.82) is 0 Å². The zero-order valence-electron chi connectivity index (χ0n) is 23.2. The Morgan fingerprint density at radius 1 is 0.394 bits per heavy atom. The van der Waals surface area contributed by atoms with Crippen LogP contribution in [0.5, 0.6) is 0 Å². The molecule has 0 aromatic rings. The molecule has 0 aromatic carbocycles. The summed E-state index contributed by atoms with van der Waals surface area (Å²) in [6.45, 7) is 5.13. The highest BCUT2D eigenvalue weighted by Gasteiger charge is 2.08. The topological polar surface area (TPSA) is 29.4 Å². The summed E-state index contributed by atoms with van der Waals surface area (Å²) in [5, 5.41) is 3.23. The lowest BCUT2D eigenvalue weighted by Gasteiger charge is -2.13. The predicted molar refractivity (Wildman–Crippen MR) is 150 cm³/mol. The van der Waals surface area contributed by atoms with E-state index in [1.807, 2.05) is 0 Å². The number of nitroso groups, excluding NO2 is 1. The van der Waals surface area contributed by atoms with Crippen molar-refractivity contribution in [3.63, 3.8) is 0 Å². The maximum Gasteiger partial charge on any atom is 0.0839 e. The SMILES string of the molecule is CCCCCCCCCCCCCCCCCCC(CCCCCCCCCCC)CN=O. The number of hydrogen-bond donors (Lipinski definition) is 0. The minimum atomic E-state index is 0.551. The predicted octanol–water partition coefficient (Wildman–Crippen LogP) is 11.9. The molecule has 0 spiro atoms. The fourth-order valence-electron chi connectivity index (χ4n) is 5.16. The van der Waals surface area contributed by atoms with Gasteiger partial charge in [-0.05, 0) is 18.8 Å². The van der Waals surface area contributed by atoms with E-state index in [4.69, 9.17) is 0 Å². The molecule has 1 atom stereocenters. The smallest absolute Gasteiger partial charge is 0.0839 e. The molecule has 0 saturated carbocycles. The average Bonchev–Trinajstić information content (AvgIpc) is 2.82. The van der Waals surface area contributed by atoms with Gasteiger partial charge in [0, 0.05) is 0 Å². The maximum absolute atomic E-state index is 10.8. The van der Waals surface area contributed by atoms with Crippen molar-refractivity contribution in [1.82, 2.24) is 0 Å². The molecule has 33 heavy (non-hydrogen) atoms. The van der Waals surface area contributed by atoms with Gasteiger partial charge in [-0.25, -0.2) is 0 Å². The largest absolute Gasteiger partial charge is 0.151 e. The Labute approximate surface area is 209 Å². The van der Waals surface area contributed by atoms with Crippen LogP contribution in [0.4, 0.5) is 0 Å². The third-order valence-electron chi connectivity index (χ3n) is 7.51. The monoisotopic (exact) mass is 465 g/mol. The molecule has 2 nitrogen and oxygen atoms in total. The second-order valence-electron chi connectivity index (χ2n) is 10.9. The van der Waals surface area contributed by atoms with Crippen LogP contribution in [0, 0.1) is 10.8 Å². The molecule has 1 unspecified atom stereocenters. The normalized spacial score (nSPS) is 12.3. The Hall–Kier alpha value is -0.400. The van der Waals surface area contributed by atoms with Gasteiger partial charge in [-0.1, -0.05) is 180 Å². The number of rotatable bonds is 29. The Morgan fingerprint density at radius 3 is 0.879 bits per heavy atom. The molecule has 0 rings (SSSR count). The fourth-order valence-corrected chi connectivity index (χ4v) is 5.16. The van der Waals surface area contributed by atoms with Gasteiger partial charge >= 0.3 is 0 Å². The Balaban J connectivity index is 3.36. The molecule has 0 aliphatic carbocycles. The van der Waals surface area contributed by atoms with Crippen molar-refractivity contribution >= 4 is 0 Å². The molecule has 0 aliphatic heterocycles. The summed E-state index contributed by atoms with van der Waals surface area (Å²) in [4.78, 5) is 10.8. The first-order valence-electron chi connectivity index (χ1n) is 15.6. The first-order chi connectivity index (χ1) is 16.3. The van der Waals surface area contributed by atoms with E-state index < -0.39 is 0 Å². The van der Waals surface area contributed by atoms with E-state index in [1.54, 1.807) is 0 Å². The van der Waals surface area contributed by atoms with Crippen molar-refractivity contribution in [2.24, 2.45) is 11.1 Å². The summed E-state index contributed by atoms with van der Waals surface area (Å²) in [5.74, 6) is 0.554. The Bertz CT molecular complexity index is 357. The van der Waals surface area contributed by atoms with Crippen LogP contribution < -0.4 is 0 Å². The highest BCUT2D eigenvalue weighted by atomic mass is 16.3. The minimum absolute atomic E-state index is 0.551. The number of unbranched alkanes of at least 4 members (excludes halogenated alkanes) is 23. The van der Waals surface area contributed by atoms with E-state index in [2.05, 4.69) is 19.0 Å². The Morgan fingerprint density at radius 2 is 0.636 bits per heavy atom. The summed E-state index contributed by atoms with van der Waals surface area (Å²) in [5.41, 5.74) is 0. The van der Waals surface area contributed by atoms with Gasteiger partial charge in [0.15, 0.2) is 0 Å². The molecule has 198 valence electrons. The van der Waals surface area contributed by atoms with Crippen LogP contribution in [0.2, 0.25) is 0 Å². The summed E-state index contributed by atoms with van der Waals surface area (Å²) in [6, 6.07) is 0. The van der Waals surface area contributed by atoms with Crippen molar-refractivity contribution in [3.8, 4) is 0 Å². The zero-order valence-corrected chi connectivity index (χ0v) is 23.2. The van der Waals surface area contributed by atoms with E-state index in [9.17, 15) is 4.91 Å². The molecule has 0 N–H and O–H groups in total. The summed E-state index contributed by atoms with van der Waals surface area (Å²) >= 11 is 0. The quantitative estimate of drug-likeness (QED) is 0.0797. The second-order valence-corrected chi connectivity index (χ2v) is 10.9. The number of nitrogens with zero attached hydrogens (tertiary/aromatic N) is 1. The van der Waals surface area contributed by atoms with Crippen molar-refractivity contribution in [3.05, 3.63) is 4.91 Å². The van der Waals surface area contributed by atoms with E-state index in [-0.39, 0.29) is 0 Å². The second kappa shape index (κ2) is 29.6. The molecule has 0 aliphatic rings. The lowest BCUT2D eigenvalue weighted by Crippen LogP contribution is -2.04. The van der Waals surface area contributed by atoms with Gasteiger partial charge in [-0.2, -0.15) is 4.91 Å². The van der Waals surface area contributed by atoms with Crippen LogP contribution in [-0.4, -0.2) is 6.54 Å². The van der Waals surface area contributed by atoms with E-state index >= 15 is 0 Å². The van der Waals surface area contributed by atoms with Crippen molar-refractivity contribution < 1.29 is 0 Å². The summed E-state index contributed by atoms with van der Waals surface area (Å²) in [7, 11) is 0. The van der Waals surface area contributed by atoms with Crippen LogP contribution in [0.1, 0.15) is 187 Å². The first kappa shape index (κ1) is 32.6. The van der Waals surface area contributed by atoms with Gasteiger partial charge in [-0.15, -0.1) is 0 Å². The summed E-state index contributed by atoms with van der Waals surface area (Å²) < 4.78 is 0. The van der Waals surface area contributed by atoms with Crippen molar-refractivity contribution in [2.45, 2.75) is 187 Å². The van der Waals surface area contributed by atoms with E-state index in [0.29, 0.717) is 12.5 Å². The molecule has 0 saturated heterocycles. The highest BCUT2D eigenvalue weighted by Crippen LogP contribution is 2.20. The lowest BCUT2D eigenvalue weighted by molar-refractivity contribution is 0.409. The molecule has 0 aromatic heterocycles. The lowest BCUT2D eigenvalue weighted by atomic mass is 9.94. The minimum Gasteiger partial charge on any atom is -0.151 e. The summed E-state index contributed by atoms with van der Waals surface area (Å²) in [6.07, 6.45) is 37.6. The molecular formula is C31H63NO. The van der Waals surface area contributed by atoms with Crippen LogP contribution in [0.25, 0.3) is 0 Å². The van der Waals surface area contributed by atoms with Gasteiger partial charge in [-0.3, -0.25) is 0 Å². The molecule has 0 fully saturated rings. The number of hydrogen-bond acceptors (Lipinski definition) is 2. The average molecular weight is 466 g/mol. The molecule has 0 amide bonds. The van der Waals surface area contributed by atoms with Gasteiger partial charge in [0.25, 0.3) is 0 Å².